The van der Waals surface area contributed by atoms with Gasteiger partial charge in [0.15, 0.2) is 0 Å². The van der Waals surface area contributed by atoms with E-state index in [-0.39, 0.29) is 17.4 Å². The molecule has 0 heterocycles. The number of carbonyl (C=O) groups excluding carboxylic acids is 2. The van der Waals surface area contributed by atoms with Crippen molar-refractivity contribution in [3.05, 3.63) is 108 Å². The fourth-order valence-electron chi connectivity index (χ4n) is 4.26. The maximum atomic E-state index is 11.0. The lowest BCUT2D eigenvalue weighted by molar-refractivity contribution is -0.132. The van der Waals surface area contributed by atoms with Crippen LogP contribution in [0.5, 0.6) is 23.0 Å². The predicted molar refractivity (Wildman–Crippen MR) is 157 cm³/mol. The standard InChI is InChI=1S/C19H22O3.C15H14O3/c1-5-19(3,15-6-10-17(21-4)11-7-15)16-8-12-18(13-9-16)22-14(2)20;1-11(16)18-15-9-5-13(6-10-15)12-3-7-14(17-2)8-4-12/h6-13H,5H2,1-4H3;3-10H,1-2H3. The molecule has 0 spiro atoms. The molecule has 0 aliphatic rings. The first kappa shape index (κ1) is 30.0. The third-order valence-electron chi connectivity index (χ3n) is 6.73. The van der Waals surface area contributed by atoms with Gasteiger partial charge in [-0.2, -0.15) is 0 Å². The topological polar surface area (TPSA) is 71.1 Å². The smallest absolute Gasteiger partial charge is 0.308 e. The number of carbonyl (C=O) groups is 2. The largest absolute Gasteiger partial charge is 0.497 e. The molecule has 0 aliphatic carbocycles. The Bertz CT molecular complexity index is 1370. The van der Waals surface area contributed by atoms with Crippen LogP contribution in [-0.4, -0.2) is 26.2 Å². The average Bonchev–Trinajstić information content (AvgIpc) is 2.97. The summed E-state index contributed by atoms with van der Waals surface area (Å²) in [6, 6.07) is 31.1. The first-order valence-electron chi connectivity index (χ1n) is 13.0. The van der Waals surface area contributed by atoms with Crippen molar-refractivity contribution in [2.45, 2.75) is 39.5 Å². The van der Waals surface area contributed by atoms with Crippen molar-refractivity contribution in [2.24, 2.45) is 0 Å². The number of esters is 2. The van der Waals surface area contributed by atoms with Crippen molar-refractivity contribution >= 4 is 11.9 Å². The third-order valence-corrected chi connectivity index (χ3v) is 6.73. The maximum absolute atomic E-state index is 11.0. The van der Waals surface area contributed by atoms with Crippen molar-refractivity contribution in [1.29, 1.82) is 0 Å². The molecule has 0 fully saturated rings. The highest BCUT2D eigenvalue weighted by Crippen LogP contribution is 2.36. The van der Waals surface area contributed by atoms with Gasteiger partial charge in [-0.25, -0.2) is 0 Å². The molecule has 1 atom stereocenters. The van der Waals surface area contributed by atoms with Gasteiger partial charge in [-0.05, 0) is 77.2 Å². The first-order chi connectivity index (χ1) is 19.2. The number of hydrogen-bond donors (Lipinski definition) is 0. The predicted octanol–water partition coefficient (Wildman–Crippen LogP) is 7.62. The normalized spacial score (nSPS) is 11.8. The zero-order chi connectivity index (χ0) is 29.1. The van der Waals surface area contributed by atoms with Gasteiger partial charge in [0.1, 0.15) is 23.0 Å². The lowest BCUT2D eigenvalue weighted by atomic mass is 9.74. The Morgan fingerprint density at radius 2 is 0.850 bits per heavy atom. The zero-order valence-corrected chi connectivity index (χ0v) is 23.9. The van der Waals surface area contributed by atoms with Gasteiger partial charge in [-0.15, -0.1) is 0 Å². The monoisotopic (exact) mass is 540 g/mol. The number of benzene rings is 4. The van der Waals surface area contributed by atoms with E-state index in [1.54, 1.807) is 26.4 Å². The summed E-state index contributed by atoms with van der Waals surface area (Å²) in [6.07, 6.45) is 0.965. The molecule has 6 nitrogen and oxygen atoms in total. The van der Waals surface area contributed by atoms with E-state index in [1.807, 2.05) is 72.8 Å². The molecule has 4 rings (SSSR count). The van der Waals surface area contributed by atoms with Gasteiger partial charge in [0, 0.05) is 19.3 Å². The summed E-state index contributed by atoms with van der Waals surface area (Å²) in [7, 11) is 3.31. The van der Waals surface area contributed by atoms with Gasteiger partial charge in [0.25, 0.3) is 0 Å². The highest BCUT2D eigenvalue weighted by Gasteiger charge is 2.27. The average molecular weight is 541 g/mol. The summed E-state index contributed by atoms with van der Waals surface area (Å²) < 4.78 is 20.4. The molecule has 4 aromatic carbocycles. The van der Waals surface area contributed by atoms with Gasteiger partial charge < -0.3 is 18.9 Å². The molecule has 208 valence electrons. The molecule has 6 heteroatoms. The molecule has 0 saturated carbocycles. The number of methoxy groups -OCH3 is 2. The lowest BCUT2D eigenvalue weighted by Crippen LogP contribution is -2.22. The fourth-order valence-corrected chi connectivity index (χ4v) is 4.26. The van der Waals surface area contributed by atoms with Crippen molar-refractivity contribution in [3.8, 4) is 34.1 Å². The molecule has 0 aliphatic heterocycles. The van der Waals surface area contributed by atoms with Crippen molar-refractivity contribution in [3.63, 3.8) is 0 Å². The van der Waals surface area contributed by atoms with Crippen LogP contribution in [0.15, 0.2) is 97.1 Å². The Kier molecular flexibility index (Phi) is 10.5. The maximum Gasteiger partial charge on any atom is 0.308 e. The van der Waals surface area contributed by atoms with Crippen LogP contribution in [0, 0.1) is 0 Å². The van der Waals surface area contributed by atoms with E-state index in [1.165, 1.54) is 25.0 Å². The van der Waals surface area contributed by atoms with E-state index in [2.05, 4.69) is 26.0 Å². The van der Waals surface area contributed by atoms with E-state index in [9.17, 15) is 9.59 Å². The number of ether oxygens (including phenoxy) is 4. The van der Waals surface area contributed by atoms with Crippen molar-refractivity contribution in [1.82, 2.24) is 0 Å². The van der Waals surface area contributed by atoms with E-state index >= 15 is 0 Å². The minimum atomic E-state index is -0.313. The number of hydrogen-bond acceptors (Lipinski definition) is 6. The van der Waals surface area contributed by atoms with E-state index in [0.29, 0.717) is 11.5 Å². The second-order valence-electron chi connectivity index (χ2n) is 9.38. The van der Waals surface area contributed by atoms with E-state index in [4.69, 9.17) is 18.9 Å². The van der Waals surface area contributed by atoms with Gasteiger partial charge in [-0.3, -0.25) is 9.59 Å². The molecule has 4 aromatic rings. The molecule has 0 saturated heterocycles. The Hall–Kier alpha value is -4.58. The summed E-state index contributed by atoms with van der Waals surface area (Å²) in [6.45, 7) is 7.18. The number of rotatable bonds is 8. The Balaban J connectivity index is 0.000000225. The minimum Gasteiger partial charge on any atom is -0.497 e. The summed E-state index contributed by atoms with van der Waals surface area (Å²) in [5, 5.41) is 0. The van der Waals surface area contributed by atoms with E-state index < -0.39 is 0 Å². The highest BCUT2D eigenvalue weighted by molar-refractivity contribution is 5.70. The van der Waals surface area contributed by atoms with Gasteiger partial charge in [0.05, 0.1) is 14.2 Å². The summed E-state index contributed by atoms with van der Waals surface area (Å²) in [4.78, 5) is 21.8. The highest BCUT2D eigenvalue weighted by atomic mass is 16.5. The van der Waals surface area contributed by atoms with Crippen LogP contribution in [0.1, 0.15) is 45.2 Å². The zero-order valence-electron chi connectivity index (χ0n) is 23.9. The van der Waals surface area contributed by atoms with Gasteiger partial charge in [-0.1, -0.05) is 62.4 Å². The Morgan fingerprint density at radius 1 is 0.550 bits per heavy atom. The SMILES string of the molecule is CCC(C)(c1ccc(OC)cc1)c1ccc(OC(C)=O)cc1.COc1ccc(-c2ccc(OC(C)=O)cc2)cc1. The fraction of sp³-hybridized carbons (Fsp3) is 0.235. The second-order valence-corrected chi connectivity index (χ2v) is 9.38. The van der Waals surface area contributed by atoms with Crippen molar-refractivity contribution < 1.29 is 28.5 Å². The molecule has 1 unspecified atom stereocenters. The quantitative estimate of drug-likeness (QED) is 0.169. The molecule has 0 N–H and O–H groups in total. The van der Waals surface area contributed by atoms with Crippen LogP contribution in [0.25, 0.3) is 11.1 Å². The second kappa shape index (κ2) is 14.0. The summed E-state index contributed by atoms with van der Waals surface area (Å²) in [5.41, 5.74) is 4.48. The Labute approximate surface area is 236 Å². The molecule has 0 radical (unpaired) electrons. The van der Waals surface area contributed by atoms with Gasteiger partial charge >= 0.3 is 11.9 Å². The van der Waals surface area contributed by atoms with Crippen LogP contribution in [-0.2, 0) is 15.0 Å². The minimum absolute atomic E-state index is 0.0962. The first-order valence-corrected chi connectivity index (χ1v) is 13.0. The Morgan fingerprint density at radius 3 is 1.15 bits per heavy atom. The van der Waals surface area contributed by atoms with Crippen molar-refractivity contribution in [2.75, 3.05) is 14.2 Å². The third kappa shape index (κ3) is 7.96. The molecular weight excluding hydrogens is 504 g/mol. The van der Waals surface area contributed by atoms with Crippen LogP contribution >= 0.6 is 0 Å². The molecule has 0 amide bonds. The molecule has 40 heavy (non-hydrogen) atoms. The molecule has 0 aromatic heterocycles. The van der Waals surface area contributed by atoms with Gasteiger partial charge in [0.2, 0.25) is 0 Å². The van der Waals surface area contributed by atoms with Crippen LogP contribution < -0.4 is 18.9 Å². The lowest BCUT2D eigenvalue weighted by Gasteiger charge is -2.30. The summed E-state index contributed by atoms with van der Waals surface area (Å²) in [5.74, 6) is 2.19. The van der Waals surface area contributed by atoms with Crippen LogP contribution in [0.2, 0.25) is 0 Å². The van der Waals surface area contributed by atoms with Crippen LogP contribution in [0.4, 0.5) is 0 Å². The van der Waals surface area contributed by atoms with E-state index in [0.717, 1.165) is 29.0 Å². The van der Waals surface area contributed by atoms with Crippen LogP contribution in [0.3, 0.4) is 0 Å². The molecular formula is C34H36O6. The summed E-state index contributed by atoms with van der Waals surface area (Å²) >= 11 is 0. The molecule has 0 bridgehead atoms.